The molecule has 0 aliphatic carbocycles. The lowest BCUT2D eigenvalue weighted by Crippen LogP contribution is -2.33. The third-order valence-corrected chi connectivity index (χ3v) is 2.27. The van der Waals surface area contributed by atoms with E-state index in [0.29, 0.717) is 18.9 Å². The second-order valence-electron chi connectivity index (χ2n) is 3.86. The summed E-state index contributed by atoms with van der Waals surface area (Å²) in [6, 6.07) is 0. The Balaban J connectivity index is 3.48. The van der Waals surface area contributed by atoms with Gasteiger partial charge in [-0.1, -0.05) is 6.92 Å². The van der Waals surface area contributed by atoms with Crippen molar-refractivity contribution in [1.29, 1.82) is 0 Å². The first-order chi connectivity index (χ1) is 7.10. The molecule has 0 aliphatic rings. The molecule has 5 nitrogen and oxygen atoms in total. The van der Waals surface area contributed by atoms with Gasteiger partial charge in [0.2, 0.25) is 5.91 Å². The first-order valence-electron chi connectivity index (χ1n) is 5.35. The van der Waals surface area contributed by atoms with Crippen molar-refractivity contribution in [3.05, 3.63) is 0 Å². The summed E-state index contributed by atoms with van der Waals surface area (Å²) in [5.41, 5.74) is 5.39. The highest BCUT2D eigenvalue weighted by Gasteiger charge is 2.07. The molecular formula is C10H22N2O3. The molecule has 0 spiro atoms. The summed E-state index contributed by atoms with van der Waals surface area (Å²) in [4.78, 5) is 11.2. The van der Waals surface area contributed by atoms with Gasteiger partial charge in [0.1, 0.15) is 0 Å². The molecule has 90 valence electrons. The number of hydrogen-bond acceptors (Lipinski definition) is 4. The lowest BCUT2D eigenvalue weighted by Gasteiger charge is -2.11. The third kappa shape index (κ3) is 8.35. The van der Waals surface area contributed by atoms with Crippen LogP contribution in [0.1, 0.15) is 26.2 Å². The molecule has 15 heavy (non-hydrogen) atoms. The standard InChI is InChI=1S/C10H22N2O3/c1-8(4-5-11)2-3-10(15)12-6-9(14)7-13/h8-9,13-14H,2-7,11H2,1H3,(H,12,15). The minimum atomic E-state index is -0.865. The number of hydrogen-bond donors (Lipinski definition) is 4. The lowest BCUT2D eigenvalue weighted by atomic mass is 10.0. The Morgan fingerprint density at radius 3 is 2.67 bits per heavy atom. The molecule has 5 heteroatoms. The van der Waals surface area contributed by atoms with Gasteiger partial charge >= 0.3 is 0 Å². The van der Waals surface area contributed by atoms with E-state index in [0.717, 1.165) is 12.8 Å². The average molecular weight is 218 g/mol. The van der Waals surface area contributed by atoms with E-state index in [1.165, 1.54) is 0 Å². The number of carbonyl (C=O) groups is 1. The summed E-state index contributed by atoms with van der Waals surface area (Å²) in [5, 5.41) is 20.1. The molecule has 0 fully saturated rings. The van der Waals surface area contributed by atoms with Crippen molar-refractivity contribution in [2.45, 2.75) is 32.3 Å². The summed E-state index contributed by atoms with van der Waals surface area (Å²) in [5.74, 6) is 0.356. The number of aliphatic hydroxyl groups excluding tert-OH is 2. The van der Waals surface area contributed by atoms with Gasteiger partial charge in [-0.05, 0) is 25.3 Å². The predicted octanol–water partition coefficient (Wildman–Crippen LogP) is -0.779. The van der Waals surface area contributed by atoms with Crippen molar-refractivity contribution in [3.8, 4) is 0 Å². The molecule has 5 N–H and O–H groups in total. The summed E-state index contributed by atoms with van der Waals surface area (Å²) in [7, 11) is 0. The molecular weight excluding hydrogens is 196 g/mol. The van der Waals surface area contributed by atoms with Crippen LogP contribution in [0.2, 0.25) is 0 Å². The monoisotopic (exact) mass is 218 g/mol. The highest BCUT2D eigenvalue weighted by atomic mass is 16.3. The zero-order chi connectivity index (χ0) is 11.7. The molecule has 1 amide bonds. The molecule has 0 rings (SSSR count). The number of amides is 1. The van der Waals surface area contributed by atoms with Crippen molar-refractivity contribution in [1.82, 2.24) is 5.32 Å². The van der Waals surface area contributed by atoms with Gasteiger partial charge in [-0.25, -0.2) is 0 Å². The van der Waals surface area contributed by atoms with Crippen molar-refractivity contribution in [3.63, 3.8) is 0 Å². The molecule has 2 unspecified atom stereocenters. The Morgan fingerprint density at radius 1 is 1.47 bits per heavy atom. The van der Waals surface area contributed by atoms with E-state index >= 15 is 0 Å². The van der Waals surface area contributed by atoms with Crippen LogP contribution in [0.15, 0.2) is 0 Å². The summed E-state index contributed by atoms with van der Waals surface area (Å²) in [6.45, 7) is 2.49. The van der Waals surface area contributed by atoms with Crippen LogP contribution in [-0.4, -0.2) is 41.9 Å². The minimum Gasteiger partial charge on any atom is -0.394 e. The maximum Gasteiger partial charge on any atom is 0.220 e. The van der Waals surface area contributed by atoms with Gasteiger partial charge in [-0.15, -0.1) is 0 Å². The quantitative estimate of drug-likeness (QED) is 0.430. The minimum absolute atomic E-state index is 0.0913. The second-order valence-corrected chi connectivity index (χ2v) is 3.86. The fourth-order valence-electron chi connectivity index (χ4n) is 1.19. The number of nitrogens with one attached hydrogen (secondary N) is 1. The van der Waals surface area contributed by atoms with Crippen LogP contribution < -0.4 is 11.1 Å². The Kier molecular flexibility index (Phi) is 8.27. The summed E-state index contributed by atoms with van der Waals surface area (Å²) in [6.07, 6.45) is 1.31. The molecule has 0 aromatic heterocycles. The SMILES string of the molecule is CC(CCN)CCC(=O)NCC(O)CO. The van der Waals surface area contributed by atoms with E-state index in [1.54, 1.807) is 0 Å². The van der Waals surface area contributed by atoms with Crippen molar-refractivity contribution in [2.24, 2.45) is 11.7 Å². The van der Waals surface area contributed by atoms with Gasteiger partial charge in [0.25, 0.3) is 0 Å². The lowest BCUT2D eigenvalue weighted by molar-refractivity contribution is -0.121. The van der Waals surface area contributed by atoms with Crippen molar-refractivity contribution >= 4 is 5.91 Å². The van der Waals surface area contributed by atoms with Gasteiger partial charge in [0, 0.05) is 13.0 Å². The predicted molar refractivity (Wildman–Crippen MR) is 58.2 cm³/mol. The van der Waals surface area contributed by atoms with E-state index in [2.05, 4.69) is 12.2 Å². The first-order valence-corrected chi connectivity index (χ1v) is 5.35. The van der Waals surface area contributed by atoms with E-state index < -0.39 is 6.10 Å². The Bertz CT molecular complexity index is 176. The fraction of sp³-hybridized carbons (Fsp3) is 0.900. The molecule has 0 aliphatic heterocycles. The second kappa shape index (κ2) is 8.64. The maximum atomic E-state index is 11.2. The van der Waals surface area contributed by atoms with Gasteiger partial charge < -0.3 is 21.3 Å². The van der Waals surface area contributed by atoms with Crippen LogP contribution in [0.3, 0.4) is 0 Å². The summed E-state index contributed by atoms with van der Waals surface area (Å²) < 4.78 is 0. The highest BCUT2D eigenvalue weighted by molar-refractivity contribution is 5.75. The number of rotatable bonds is 8. The molecule has 0 heterocycles. The molecule has 0 bridgehead atoms. The van der Waals surface area contributed by atoms with Crippen LogP contribution in [0.5, 0.6) is 0 Å². The first kappa shape index (κ1) is 14.3. The van der Waals surface area contributed by atoms with Crippen molar-refractivity contribution < 1.29 is 15.0 Å². The van der Waals surface area contributed by atoms with E-state index in [1.807, 2.05) is 0 Å². The van der Waals surface area contributed by atoms with Gasteiger partial charge in [0.05, 0.1) is 12.7 Å². The number of nitrogens with two attached hydrogens (primary N) is 1. The number of carbonyl (C=O) groups excluding carboxylic acids is 1. The molecule has 0 saturated heterocycles. The van der Waals surface area contributed by atoms with Crippen molar-refractivity contribution in [2.75, 3.05) is 19.7 Å². The normalized spacial score (nSPS) is 14.7. The molecule has 0 aromatic rings. The zero-order valence-corrected chi connectivity index (χ0v) is 9.28. The third-order valence-electron chi connectivity index (χ3n) is 2.27. The van der Waals surface area contributed by atoms with Gasteiger partial charge in [-0.3, -0.25) is 4.79 Å². The topological polar surface area (TPSA) is 95.6 Å². The molecule has 0 aromatic carbocycles. The Morgan fingerprint density at radius 2 is 2.13 bits per heavy atom. The Hall–Kier alpha value is -0.650. The molecule has 0 saturated carbocycles. The van der Waals surface area contributed by atoms with E-state index in [4.69, 9.17) is 15.9 Å². The largest absolute Gasteiger partial charge is 0.394 e. The van der Waals surface area contributed by atoms with Crippen LogP contribution in [-0.2, 0) is 4.79 Å². The fourth-order valence-corrected chi connectivity index (χ4v) is 1.19. The average Bonchev–Trinajstić information content (AvgIpc) is 2.23. The smallest absolute Gasteiger partial charge is 0.220 e. The Labute approximate surface area is 90.7 Å². The highest BCUT2D eigenvalue weighted by Crippen LogP contribution is 2.08. The van der Waals surface area contributed by atoms with E-state index in [9.17, 15) is 4.79 Å². The van der Waals surface area contributed by atoms with Gasteiger partial charge in [-0.2, -0.15) is 0 Å². The summed E-state index contributed by atoms with van der Waals surface area (Å²) >= 11 is 0. The van der Waals surface area contributed by atoms with Crippen LogP contribution in [0.4, 0.5) is 0 Å². The van der Waals surface area contributed by atoms with Crippen LogP contribution >= 0.6 is 0 Å². The van der Waals surface area contributed by atoms with Crippen LogP contribution in [0, 0.1) is 5.92 Å². The number of aliphatic hydroxyl groups is 2. The maximum absolute atomic E-state index is 11.2. The molecule has 2 atom stereocenters. The van der Waals surface area contributed by atoms with Crippen LogP contribution in [0.25, 0.3) is 0 Å². The molecule has 0 radical (unpaired) electrons. The zero-order valence-electron chi connectivity index (χ0n) is 9.28. The van der Waals surface area contributed by atoms with Gasteiger partial charge in [0.15, 0.2) is 0 Å². The van der Waals surface area contributed by atoms with E-state index in [-0.39, 0.29) is 19.1 Å².